The molecule has 0 saturated heterocycles. The van der Waals surface area contributed by atoms with Crippen LogP contribution in [0.5, 0.6) is 0 Å². The van der Waals surface area contributed by atoms with Crippen LogP contribution in [0.3, 0.4) is 0 Å². The van der Waals surface area contributed by atoms with Gasteiger partial charge in [-0.2, -0.15) is 0 Å². The van der Waals surface area contributed by atoms with Gasteiger partial charge < -0.3 is 4.90 Å². The summed E-state index contributed by atoms with van der Waals surface area (Å²) in [5.74, 6) is 0.990. The van der Waals surface area contributed by atoms with E-state index in [1.54, 1.807) is 0 Å². The number of pyridine rings is 2. The van der Waals surface area contributed by atoms with Crippen LogP contribution in [0, 0.1) is 6.92 Å². The molecule has 2 heterocycles. The Kier molecular flexibility index (Phi) is 4.31. The van der Waals surface area contributed by atoms with Gasteiger partial charge >= 0.3 is 0 Å². The Balaban J connectivity index is 2.04. The molecule has 0 aromatic carbocycles. The van der Waals surface area contributed by atoms with Crippen molar-refractivity contribution in [3.8, 4) is 0 Å². The van der Waals surface area contributed by atoms with Crippen molar-refractivity contribution in [3.63, 3.8) is 0 Å². The zero-order valence-electron chi connectivity index (χ0n) is 10.6. The summed E-state index contributed by atoms with van der Waals surface area (Å²) in [6.45, 7) is 3.00. The highest BCUT2D eigenvalue weighted by atomic mass is 79.9. The van der Waals surface area contributed by atoms with Crippen molar-refractivity contribution in [2.45, 2.75) is 13.3 Å². The first-order valence-electron chi connectivity index (χ1n) is 5.89. The molecule has 4 heteroatoms. The average Bonchev–Trinajstić information content (AvgIpc) is 2.40. The van der Waals surface area contributed by atoms with Crippen molar-refractivity contribution in [3.05, 3.63) is 52.4 Å². The van der Waals surface area contributed by atoms with Gasteiger partial charge in [-0.1, -0.05) is 0 Å². The molecule has 2 aromatic heterocycles. The van der Waals surface area contributed by atoms with Crippen LogP contribution in [-0.2, 0) is 6.42 Å². The van der Waals surface area contributed by atoms with E-state index in [1.807, 2.05) is 36.8 Å². The lowest BCUT2D eigenvalue weighted by Crippen LogP contribution is -2.22. The van der Waals surface area contributed by atoms with Crippen LogP contribution in [0.1, 0.15) is 11.1 Å². The molecule has 0 spiro atoms. The molecule has 0 amide bonds. The standard InChI is InChI=1S/C14H16BrN3/c1-11-3-9-17-14(13(11)15)18(2)10-6-12-4-7-16-8-5-12/h3-5,7-9H,6,10H2,1-2H3. The highest BCUT2D eigenvalue weighted by Crippen LogP contribution is 2.25. The molecule has 0 atom stereocenters. The van der Waals surface area contributed by atoms with Gasteiger partial charge in [0.05, 0.1) is 4.47 Å². The summed E-state index contributed by atoms with van der Waals surface area (Å²) in [7, 11) is 2.06. The molecule has 94 valence electrons. The van der Waals surface area contributed by atoms with E-state index in [2.05, 4.69) is 44.8 Å². The third-order valence-electron chi connectivity index (χ3n) is 2.91. The number of aromatic nitrogens is 2. The highest BCUT2D eigenvalue weighted by molar-refractivity contribution is 9.10. The van der Waals surface area contributed by atoms with E-state index in [1.165, 1.54) is 11.1 Å². The van der Waals surface area contributed by atoms with Gasteiger partial charge in [0.15, 0.2) is 0 Å². The molecule has 0 unspecified atom stereocenters. The molecule has 0 radical (unpaired) electrons. The average molecular weight is 306 g/mol. The third kappa shape index (κ3) is 3.07. The summed E-state index contributed by atoms with van der Waals surface area (Å²) >= 11 is 3.59. The largest absolute Gasteiger partial charge is 0.358 e. The van der Waals surface area contributed by atoms with E-state index < -0.39 is 0 Å². The van der Waals surface area contributed by atoms with Gasteiger partial charge in [0.1, 0.15) is 5.82 Å². The zero-order chi connectivity index (χ0) is 13.0. The number of likely N-dealkylation sites (N-methyl/N-ethyl adjacent to an activating group) is 1. The number of nitrogens with zero attached hydrogens (tertiary/aromatic N) is 3. The van der Waals surface area contributed by atoms with Crippen LogP contribution >= 0.6 is 15.9 Å². The van der Waals surface area contributed by atoms with Gasteiger partial charge in [-0.05, 0) is 58.6 Å². The lowest BCUT2D eigenvalue weighted by molar-refractivity contribution is 0.854. The number of anilines is 1. The minimum atomic E-state index is 0.930. The summed E-state index contributed by atoms with van der Waals surface area (Å²) in [5, 5.41) is 0. The molecule has 0 fully saturated rings. The zero-order valence-corrected chi connectivity index (χ0v) is 12.2. The molecular weight excluding hydrogens is 290 g/mol. The molecule has 0 bridgehead atoms. The smallest absolute Gasteiger partial charge is 0.142 e. The van der Waals surface area contributed by atoms with E-state index in [-0.39, 0.29) is 0 Å². The maximum Gasteiger partial charge on any atom is 0.142 e. The SMILES string of the molecule is Cc1ccnc(N(C)CCc2ccncc2)c1Br. The molecule has 0 aliphatic rings. The van der Waals surface area contributed by atoms with E-state index >= 15 is 0 Å². The second-order valence-electron chi connectivity index (χ2n) is 4.29. The maximum atomic E-state index is 4.42. The molecule has 0 aliphatic heterocycles. The molecule has 0 N–H and O–H groups in total. The quantitative estimate of drug-likeness (QED) is 0.868. The van der Waals surface area contributed by atoms with Crippen molar-refractivity contribution < 1.29 is 0 Å². The molecule has 0 saturated carbocycles. The molecule has 3 nitrogen and oxygen atoms in total. The second kappa shape index (κ2) is 5.96. The summed E-state index contributed by atoms with van der Waals surface area (Å²) in [4.78, 5) is 10.6. The van der Waals surface area contributed by atoms with Crippen molar-refractivity contribution in [1.82, 2.24) is 9.97 Å². The Labute approximate surface area is 116 Å². The van der Waals surface area contributed by atoms with Crippen molar-refractivity contribution in [2.75, 3.05) is 18.5 Å². The molecule has 18 heavy (non-hydrogen) atoms. The van der Waals surface area contributed by atoms with Gasteiger partial charge in [0.25, 0.3) is 0 Å². The lowest BCUT2D eigenvalue weighted by Gasteiger charge is -2.20. The van der Waals surface area contributed by atoms with Crippen LogP contribution in [0.2, 0.25) is 0 Å². The Morgan fingerprint density at radius 2 is 1.89 bits per heavy atom. The topological polar surface area (TPSA) is 29.0 Å². The highest BCUT2D eigenvalue weighted by Gasteiger charge is 2.08. The summed E-state index contributed by atoms with van der Waals surface area (Å²) in [6.07, 6.45) is 6.49. The van der Waals surface area contributed by atoms with Gasteiger partial charge in [0, 0.05) is 32.2 Å². The number of aryl methyl sites for hydroxylation is 1. The first kappa shape index (κ1) is 13.0. The van der Waals surface area contributed by atoms with Crippen LogP contribution in [0.4, 0.5) is 5.82 Å². The summed E-state index contributed by atoms with van der Waals surface area (Å²) < 4.78 is 1.07. The van der Waals surface area contributed by atoms with Crippen molar-refractivity contribution in [2.24, 2.45) is 0 Å². The fourth-order valence-electron chi connectivity index (χ4n) is 1.74. The Bertz CT molecular complexity index is 514. The van der Waals surface area contributed by atoms with Crippen molar-refractivity contribution >= 4 is 21.7 Å². The molecular formula is C14H16BrN3. The Morgan fingerprint density at radius 1 is 1.17 bits per heavy atom. The monoisotopic (exact) mass is 305 g/mol. The molecule has 2 aromatic rings. The van der Waals surface area contributed by atoms with Crippen molar-refractivity contribution in [1.29, 1.82) is 0 Å². The third-order valence-corrected chi connectivity index (χ3v) is 3.89. The number of halogens is 1. The van der Waals surface area contributed by atoms with E-state index in [9.17, 15) is 0 Å². The van der Waals surface area contributed by atoms with E-state index in [0.717, 1.165) is 23.3 Å². The van der Waals surface area contributed by atoms with E-state index in [0.29, 0.717) is 0 Å². The minimum Gasteiger partial charge on any atom is -0.358 e. The first-order valence-corrected chi connectivity index (χ1v) is 6.69. The van der Waals surface area contributed by atoms with Crippen LogP contribution in [-0.4, -0.2) is 23.6 Å². The van der Waals surface area contributed by atoms with Gasteiger partial charge in [0.2, 0.25) is 0 Å². The Morgan fingerprint density at radius 3 is 2.61 bits per heavy atom. The molecule has 2 rings (SSSR count). The van der Waals surface area contributed by atoms with Crippen LogP contribution < -0.4 is 4.90 Å². The second-order valence-corrected chi connectivity index (χ2v) is 5.09. The van der Waals surface area contributed by atoms with Gasteiger partial charge in [-0.25, -0.2) is 4.98 Å². The number of hydrogen-bond acceptors (Lipinski definition) is 3. The predicted molar refractivity (Wildman–Crippen MR) is 77.9 cm³/mol. The fraction of sp³-hybridized carbons (Fsp3) is 0.286. The first-order chi connectivity index (χ1) is 8.68. The lowest BCUT2D eigenvalue weighted by atomic mass is 10.2. The van der Waals surface area contributed by atoms with Gasteiger partial charge in [-0.15, -0.1) is 0 Å². The van der Waals surface area contributed by atoms with Gasteiger partial charge in [-0.3, -0.25) is 4.98 Å². The minimum absolute atomic E-state index is 0.930. The van der Waals surface area contributed by atoms with Crippen LogP contribution in [0.15, 0.2) is 41.3 Å². The summed E-state index contributed by atoms with van der Waals surface area (Å²) in [6, 6.07) is 6.10. The number of rotatable bonds is 4. The molecule has 0 aliphatic carbocycles. The predicted octanol–water partition coefficient (Wildman–Crippen LogP) is 3.23. The summed E-state index contributed by atoms with van der Waals surface area (Å²) in [5.41, 5.74) is 2.50. The van der Waals surface area contributed by atoms with E-state index in [4.69, 9.17) is 0 Å². The fourth-order valence-corrected chi connectivity index (χ4v) is 2.28. The normalized spacial score (nSPS) is 10.4. The number of hydrogen-bond donors (Lipinski definition) is 0. The Hall–Kier alpha value is -1.42. The van der Waals surface area contributed by atoms with Crippen LogP contribution in [0.25, 0.3) is 0 Å². The maximum absolute atomic E-state index is 4.42.